The summed E-state index contributed by atoms with van der Waals surface area (Å²) in [5.41, 5.74) is 3.57. The Bertz CT molecular complexity index is 861. The molecule has 24 heavy (non-hydrogen) atoms. The number of pyridine rings is 1. The number of amides is 1. The molecular formula is C18H19N5O. The lowest BCUT2D eigenvalue weighted by molar-refractivity contribution is -0.116. The van der Waals surface area contributed by atoms with Crippen LogP contribution in [0.15, 0.2) is 42.6 Å². The molecule has 0 aliphatic rings. The maximum atomic E-state index is 12.0. The topological polar surface area (TPSA) is 79.8 Å². The second-order valence-corrected chi connectivity index (χ2v) is 5.59. The van der Waals surface area contributed by atoms with Crippen LogP contribution in [0.4, 0.5) is 11.6 Å². The molecule has 0 bridgehead atoms. The van der Waals surface area contributed by atoms with E-state index in [1.165, 1.54) is 0 Å². The molecule has 0 atom stereocenters. The molecular weight excluding hydrogens is 302 g/mol. The number of carbonyl (C=O) groups excluding carboxylic acids is 1. The van der Waals surface area contributed by atoms with Gasteiger partial charge in [0, 0.05) is 19.2 Å². The van der Waals surface area contributed by atoms with Crippen molar-refractivity contribution in [2.45, 2.75) is 20.3 Å². The summed E-state index contributed by atoms with van der Waals surface area (Å²) in [7, 11) is 0. The number of rotatable bonds is 5. The SMILES string of the molecule is Cc1ccc(NC(=O)CCNc2nc3ccccc3nc2C)nc1. The molecule has 2 N–H and O–H groups in total. The highest BCUT2D eigenvalue weighted by molar-refractivity contribution is 5.90. The number of hydrogen-bond acceptors (Lipinski definition) is 5. The average Bonchev–Trinajstić information content (AvgIpc) is 2.57. The standard InChI is InChI=1S/C18H19N5O/c1-12-7-8-16(20-11-12)23-17(24)9-10-19-18-13(2)21-14-5-3-4-6-15(14)22-18/h3-8,11H,9-10H2,1-2H3,(H,19,22)(H,20,23,24). The number of anilines is 2. The van der Waals surface area contributed by atoms with Crippen LogP contribution < -0.4 is 10.6 Å². The molecule has 0 aliphatic carbocycles. The molecule has 1 aromatic carbocycles. The van der Waals surface area contributed by atoms with E-state index in [0.717, 1.165) is 22.3 Å². The van der Waals surface area contributed by atoms with Crippen molar-refractivity contribution in [3.05, 3.63) is 53.9 Å². The second kappa shape index (κ2) is 7.04. The maximum absolute atomic E-state index is 12.0. The van der Waals surface area contributed by atoms with Crippen molar-refractivity contribution in [3.8, 4) is 0 Å². The molecule has 0 saturated carbocycles. The van der Waals surface area contributed by atoms with Gasteiger partial charge < -0.3 is 10.6 Å². The van der Waals surface area contributed by atoms with E-state index in [1.807, 2.05) is 44.2 Å². The van der Waals surface area contributed by atoms with Gasteiger partial charge in [-0.25, -0.2) is 15.0 Å². The van der Waals surface area contributed by atoms with Crippen molar-refractivity contribution in [1.82, 2.24) is 15.0 Å². The molecule has 2 heterocycles. The Morgan fingerprint density at radius 1 is 1.04 bits per heavy atom. The number of nitrogens with zero attached hydrogens (tertiary/aromatic N) is 3. The minimum atomic E-state index is -0.0924. The number of nitrogens with one attached hydrogen (secondary N) is 2. The summed E-state index contributed by atoms with van der Waals surface area (Å²) < 4.78 is 0. The first-order valence-corrected chi connectivity index (χ1v) is 7.81. The summed E-state index contributed by atoms with van der Waals surface area (Å²) in [6, 6.07) is 11.4. The second-order valence-electron chi connectivity index (χ2n) is 5.59. The lowest BCUT2D eigenvalue weighted by Crippen LogP contribution is -2.17. The van der Waals surface area contributed by atoms with Gasteiger partial charge in [0.1, 0.15) is 11.6 Å². The zero-order valence-electron chi connectivity index (χ0n) is 13.7. The van der Waals surface area contributed by atoms with Crippen LogP contribution >= 0.6 is 0 Å². The normalized spacial score (nSPS) is 10.6. The number of carbonyl (C=O) groups is 1. The monoisotopic (exact) mass is 321 g/mol. The molecule has 6 heteroatoms. The van der Waals surface area contributed by atoms with E-state index in [0.29, 0.717) is 24.6 Å². The molecule has 6 nitrogen and oxygen atoms in total. The Morgan fingerprint density at radius 3 is 2.50 bits per heavy atom. The minimum Gasteiger partial charge on any atom is -0.368 e. The lowest BCUT2D eigenvalue weighted by atomic mass is 10.3. The Hall–Kier alpha value is -3.02. The van der Waals surface area contributed by atoms with Gasteiger partial charge in [-0.15, -0.1) is 0 Å². The average molecular weight is 321 g/mol. The number of fused-ring (bicyclic) bond motifs is 1. The number of aromatic nitrogens is 3. The highest BCUT2D eigenvalue weighted by atomic mass is 16.1. The lowest BCUT2D eigenvalue weighted by Gasteiger charge is -2.09. The van der Waals surface area contributed by atoms with Crippen molar-refractivity contribution in [1.29, 1.82) is 0 Å². The van der Waals surface area contributed by atoms with E-state index in [1.54, 1.807) is 12.3 Å². The van der Waals surface area contributed by atoms with Gasteiger partial charge in [-0.2, -0.15) is 0 Å². The molecule has 3 aromatic rings. The van der Waals surface area contributed by atoms with Gasteiger partial charge in [-0.1, -0.05) is 18.2 Å². The summed E-state index contributed by atoms with van der Waals surface area (Å²) >= 11 is 0. The van der Waals surface area contributed by atoms with Crippen LogP contribution in [-0.2, 0) is 4.79 Å². The van der Waals surface area contributed by atoms with E-state index in [-0.39, 0.29) is 5.91 Å². The third-order valence-electron chi connectivity index (χ3n) is 3.57. The van der Waals surface area contributed by atoms with Gasteiger partial charge in [0.05, 0.1) is 16.7 Å². The molecule has 0 spiro atoms. The third kappa shape index (κ3) is 3.84. The Balaban J connectivity index is 1.57. The molecule has 2 aromatic heterocycles. The summed E-state index contributed by atoms with van der Waals surface area (Å²) in [5.74, 6) is 1.17. The van der Waals surface area contributed by atoms with Crippen LogP contribution in [0.2, 0.25) is 0 Å². The molecule has 122 valence electrons. The van der Waals surface area contributed by atoms with Crippen LogP contribution in [0.5, 0.6) is 0 Å². The van der Waals surface area contributed by atoms with Gasteiger partial charge in [0.2, 0.25) is 5.91 Å². The van der Waals surface area contributed by atoms with Crippen molar-refractivity contribution in [2.75, 3.05) is 17.2 Å². The maximum Gasteiger partial charge on any atom is 0.227 e. The van der Waals surface area contributed by atoms with Crippen LogP contribution in [-0.4, -0.2) is 27.4 Å². The fourth-order valence-corrected chi connectivity index (χ4v) is 2.30. The smallest absolute Gasteiger partial charge is 0.227 e. The molecule has 3 rings (SSSR count). The number of benzene rings is 1. The molecule has 0 radical (unpaired) electrons. The predicted octanol–water partition coefficient (Wildman–Crippen LogP) is 3.08. The first-order valence-electron chi connectivity index (χ1n) is 7.81. The quantitative estimate of drug-likeness (QED) is 0.755. The highest BCUT2D eigenvalue weighted by Crippen LogP contribution is 2.15. The van der Waals surface area contributed by atoms with Crippen molar-refractivity contribution < 1.29 is 4.79 Å². The third-order valence-corrected chi connectivity index (χ3v) is 3.57. The van der Waals surface area contributed by atoms with Gasteiger partial charge in [0.15, 0.2) is 0 Å². The van der Waals surface area contributed by atoms with Crippen LogP contribution in [0.1, 0.15) is 17.7 Å². The van der Waals surface area contributed by atoms with Gasteiger partial charge in [-0.3, -0.25) is 4.79 Å². The molecule has 0 aliphatic heterocycles. The van der Waals surface area contributed by atoms with Crippen LogP contribution in [0, 0.1) is 13.8 Å². The zero-order valence-corrected chi connectivity index (χ0v) is 13.7. The fraction of sp³-hybridized carbons (Fsp3) is 0.222. The van der Waals surface area contributed by atoms with E-state index in [4.69, 9.17) is 0 Å². The largest absolute Gasteiger partial charge is 0.368 e. The zero-order chi connectivity index (χ0) is 16.9. The number of aryl methyl sites for hydroxylation is 2. The highest BCUT2D eigenvalue weighted by Gasteiger charge is 2.07. The molecule has 0 fully saturated rings. The number of para-hydroxylation sites is 2. The Labute approximate surface area is 140 Å². The van der Waals surface area contributed by atoms with E-state index in [2.05, 4.69) is 25.6 Å². The molecule has 1 amide bonds. The summed E-state index contributed by atoms with van der Waals surface area (Å²) in [6.07, 6.45) is 2.05. The van der Waals surface area contributed by atoms with Gasteiger partial charge in [0.25, 0.3) is 0 Å². The van der Waals surface area contributed by atoms with Crippen LogP contribution in [0.3, 0.4) is 0 Å². The van der Waals surface area contributed by atoms with Gasteiger partial charge >= 0.3 is 0 Å². The van der Waals surface area contributed by atoms with Crippen molar-refractivity contribution in [2.24, 2.45) is 0 Å². The Morgan fingerprint density at radius 2 is 1.79 bits per heavy atom. The summed E-state index contributed by atoms with van der Waals surface area (Å²) in [4.78, 5) is 25.2. The number of hydrogen-bond donors (Lipinski definition) is 2. The van der Waals surface area contributed by atoms with E-state index >= 15 is 0 Å². The fourth-order valence-electron chi connectivity index (χ4n) is 2.30. The van der Waals surface area contributed by atoms with E-state index in [9.17, 15) is 4.79 Å². The molecule has 0 unspecified atom stereocenters. The predicted molar refractivity (Wildman–Crippen MR) is 95.0 cm³/mol. The van der Waals surface area contributed by atoms with Crippen molar-refractivity contribution >= 4 is 28.6 Å². The van der Waals surface area contributed by atoms with Crippen LogP contribution in [0.25, 0.3) is 11.0 Å². The van der Waals surface area contributed by atoms with Crippen molar-refractivity contribution in [3.63, 3.8) is 0 Å². The first-order chi connectivity index (χ1) is 11.6. The molecule has 0 saturated heterocycles. The first kappa shape index (κ1) is 15.9. The Kier molecular flexibility index (Phi) is 4.65. The summed E-state index contributed by atoms with van der Waals surface area (Å²) in [5, 5.41) is 5.95. The minimum absolute atomic E-state index is 0.0924. The van der Waals surface area contributed by atoms with Gasteiger partial charge in [-0.05, 0) is 37.6 Å². The van der Waals surface area contributed by atoms with E-state index < -0.39 is 0 Å². The summed E-state index contributed by atoms with van der Waals surface area (Å²) in [6.45, 7) is 4.33.